The smallest absolute Gasteiger partial charge is 0.467 e. The molecule has 7 nitrogen and oxygen atoms in total. The van der Waals surface area contributed by atoms with E-state index < -0.39 is 36.3 Å². The third kappa shape index (κ3) is 3.70. The highest BCUT2D eigenvalue weighted by atomic mass is 19.4. The lowest BCUT2D eigenvalue weighted by molar-refractivity contribution is -0.175. The van der Waals surface area contributed by atoms with E-state index in [0.29, 0.717) is 5.65 Å². The van der Waals surface area contributed by atoms with Crippen LogP contribution in [0.2, 0.25) is 0 Å². The Morgan fingerprint density at radius 1 is 1.33 bits per heavy atom. The average Bonchev–Trinajstić information content (AvgIpc) is 2.96. The second kappa shape index (κ2) is 6.69. The molecule has 2 aromatic heterocycles. The van der Waals surface area contributed by atoms with Crippen LogP contribution < -0.4 is 5.32 Å². The number of alkyl halides is 3. The highest BCUT2D eigenvalue weighted by molar-refractivity contribution is 5.99. The van der Waals surface area contributed by atoms with Crippen LogP contribution in [0.3, 0.4) is 0 Å². The summed E-state index contributed by atoms with van der Waals surface area (Å²) < 4.78 is 42.8. The number of nitrogens with zero attached hydrogens (tertiary/aromatic N) is 2. The lowest BCUT2D eigenvalue weighted by Gasteiger charge is -2.16. The molecule has 0 spiro atoms. The van der Waals surface area contributed by atoms with Gasteiger partial charge in [-0.1, -0.05) is 6.07 Å². The summed E-state index contributed by atoms with van der Waals surface area (Å²) in [6, 6.07) is 3.19. The molecule has 0 fully saturated rings. The molecule has 0 bridgehead atoms. The Bertz CT molecular complexity index is 785. The predicted molar refractivity (Wildman–Crippen MR) is 74.1 cm³/mol. The number of carbonyl (C=O) groups excluding carboxylic acids is 3. The number of ketones is 1. The first-order valence-electron chi connectivity index (χ1n) is 6.65. The molecule has 1 atom stereocenters. The molecular weight excluding hydrogens is 331 g/mol. The van der Waals surface area contributed by atoms with Crippen molar-refractivity contribution in [3.05, 3.63) is 36.3 Å². The second-order valence-electron chi connectivity index (χ2n) is 4.75. The maximum atomic E-state index is 12.3. The molecule has 2 heterocycles. The van der Waals surface area contributed by atoms with Crippen molar-refractivity contribution in [2.24, 2.45) is 0 Å². The summed E-state index contributed by atoms with van der Waals surface area (Å²) in [6.07, 6.45) is -3.11. The van der Waals surface area contributed by atoms with Crippen molar-refractivity contribution >= 4 is 23.3 Å². The van der Waals surface area contributed by atoms with Crippen LogP contribution in [-0.4, -0.2) is 46.4 Å². The number of pyridine rings is 1. The minimum atomic E-state index is -5.18. The SMILES string of the molecule is COC(=O)[C@H](CC(=O)c1cnc2ccccn12)NC(=O)C(F)(F)F. The number of hydrogen-bond donors (Lipinski definition) is 1. The topological polar surface area (TPSA) is 89.8 Å². The minimum absolute atomic E-state index is 0.0701. The minimum Gasteiger partial charge on any atom is -0.467 e. The van der Waals surface area contributed by atoms with Crippen LogP contribution in [0, 0.1) is 0 Å². The van der Waals surface area contributed by atoms with E-state index in [9.17, 15) is 27.6 Å². The van der Waals surface area contributed by atoms with Crippen molar-refractivity contribution in [3.8, 4) is 0 Å². The number of rotatable bonds is 5. The summed E-state index contributed by atoms with van der Waals surface area (Å²) in [5.74, 6) is -4.16. The zero-order valence-corrected chi connectivity index (χ0v) is 12.3. The third-order valence-corrected chi connectivity index (χ3v) is 3.14. The Kier molecular flexibility index (Phi) is 4.86. The normalized spacial score (nSPS) is 12.7. The largest absolute Gasteiger partial charge is 0.471 e. The second-order valence-corrected chi connectivity index (χ2v) is 4.75. The number of hydrogen-bond acceptors (Lipinski definition) is 5. The zero-order valence-electron chi connectivity index (χ0n) is 12.3. The van der Waals surface area contributed by atoms with Gasteiger partial charge in [-0.3, -0.25) is 14.0 Å². The Hall–Kier alpha value is -2.91. The van der Waals surface area contributed by atoms with Gasteiger partial charge in [-0.05, 0) is 12.1 Å². The molecule has 2 aromatic rings. The number of aromatic nitrogens is 2. The number of ether oxygens (including phenoxy) is 1. The molecule has 0 aromatic carbocycles. The van der Waals surface area contributed by atoms with E-state index >= 15 is 0 Å². The fraction of sp³-hybridized carbons (Fsp3) is 0.286. The van der Waals surface area contributed by atoms with Crippen molar-refractivity contribution in [2.75, 3.05) is 7.11 Å². The molecule has 1 amide bonds. The Morgan fingerprint density at radius 3 is 2.67 bits per heavy atom. The molecule has 128 valence electrons. The quantitative estimate of drug-likeness (QED) is 0.649. The Labute approximate surface area is 133 Å². The maximum absolute atomic E-state index is 12.3. The molecule has 0 aliphatic carbocycles. The molecular formula is C14H12F3N3O4. The van der Waals surface area contributed by atoms with Gasteiger partial charge in [0.2, 0.25) is 0 Å². The number of Topliss-reactive ketones (excluding diaryl/α,β-unsaturated/α-hetero) is 1. The van der Waals surface area contributed by atoms with Crippen LogP contribution in [0.15, 0.2) is 30.6 Å². The molecule has 10 heteroatoms. The number of fused-ring (bicyclic) bond motifs is 1. The standard InChI is InChI=1S/C14H12F3N3O4/c1-24-12(22)8(19-13(23)14(15,16)17)6-10(21)9-7-18-11-4-2-3-5-20(9)11/h2-5,7-8H,6H2,1H3,(H,19,23)/t8-/m0/s1. The van der Waals surface area contributed by atoms with Gasteiger partial charge in [0, 0.05) is 12.6 Å². The number of imidazole rings is 1. The fourth-order valence-corrected chi connectivity index (χ4v) is 2.00. The van der Waals surface area contributed by atoms with Crippen LogP contribution >= 0.6 is 0 Å². The van der Waals surface area contributed by atoms with E-state index in [4.69, 9.17) is 0 Å². The highest BCUT2D eigenvalue weighted by Crippen LogP contribution is 2.16. The lowest BCUT2D eigenvalue weighted by atomic mass is 10.1. The van der Waals surface area contributed by atoms with Crippen LogP contribution in [0.4, 0.5) is 13.2 Å². The van der Waals surface area contributed by atoms with Crippen LogP contribution in [-0.2, 0) is 14.3 Å². The average molecular weight is 343 g/mol. The summed E-state index contributed by atoms with van der Waals surface area (Å²) in [4.78, 5) is 38.8. The van der Waals surface area contributed by atoms with Gasteiger partial charge in [-0.25, -0.2) is 9.78 Å². The summed E-state index contributed by atoms with van der Waals surface area (Å²) in [5.41, 5.74) is 0.524. The van der Waals surface area contributed by atoms with Gasteiger partial charge in [0.15, 0.2) is 5.78 Å². The first kappa shape index (κ1) is 17.4. The van der Waals surface area contributed by atoms with E-state index in [1.165, 1.54) is 22.1 Å². The molecule has 0 aliphatic rings. The van der Waals surface area contributed by atoms with E-state index in [-0.39, 0.29) is 5.69 Å². The summed E-state index contributed by atoms with van der Waals surface area (Å²) in [5, 5.41) is 1.46. The van der Waals surface area contributed by atoms with Gasteiger partial charge in [0.1, 0.15) is 17.4 Å². The van der Waals surface area contributed by atoms with Gasteiger partial charge in [0.25, 0.3) is 0 Å². The number of esters is 1. The molecule has 0 saturated carbocycles. The van der Waals surface area contributed by atoms with Crippen molar-refractivity contribution < 1.29 is 32.3 Å². The van der Waals surface area contributed by atoms with Crippen LogP contribution in [0.5, 0.6) is 0 Å². The molecule has 1 N–H and O–H groups in total. The molecule has 0 unspecified atom stereocenters. The maximum Gasteiger partial charge on any atom is 0.471 e. The molecule has 2 rings (SSSR count). The zero-order chi connectivity index (χ0) is 17.9. The van der Waals surface area contributed by atoms with Crippen molar-refractivity contribution in [3.63, 3.8) is 0 Å². The Morgan fingerprint density at radius 2 is 2.04 bits per heavy atom. The van der Waals surface area contributed by atoms with Crippen molar-refractivity contribution in [1.82, 2.24) is 14.7 Å². The van der Waals surface area contributed by atoms with E-state index in [2.05, 4.69) is 9.72 Å². The third-order valence-electron chi connectivity index (χ3n) is 3.14. The lowest BCUT2D eigenvalue weighted by Crippen LogP contribution is -2.48. The number of halogens is 3. The van der Waals surface area contributed by atoms with Gasteiger partial charge in [-0.2, -0.15) is 13.2 Å². The van der Waals surface area contributed by atoms with E-state index in [1.54, 1.807) is 18.2 Å². The highest BCUT2D eigenvalue weighted by Gasteiger charge is 2.41. The number of carbonyl (C=O) groups is 3. The Balaban J connectivity index is 2.21. The fourth-order valence-electron chi connectivity index (χ4n) is 2.00. The predicted octanol–water partition coefficient (Wildman–Crippen LogP) is 1.13. The molecule has 0 radical (unpaired) electrons. The number of amides is 1. The van der Waals surface area contributed by atoms with Gasteiger partial charge >= 0.3 is 18.1 Å². The first-order valence-corrected chi connectivity index (χ1v) is 6.65. The number of nitrogens with one attached hydrogen (secondary N) is 1. The summed E-state index contributed by atoms with van der Waals surface area (Å²) in [6.45, 7) is 0. The molecule has 0 aliphatic heterocycles. The first-order chi connectivity index (χ1) is 11.2. The monoisotopic (exact) mass is 343 g/mol. The summed E-state index contributed by atoms with van der Waals surface area (Å²) in [7, 11) is 0.938. The van der Waals surface area contributed by atoms with Gasteiger partial charge in [0.05, 0.1) is 13.3 Å². The number of methoxy groups -OCH3 is 1. The van der Waals surface area contributed by atoms with Gasteiger partial charge < -0.3 is 10.1 Å². The van der Waals surface area contributed by atoms with Crippen molar-refractivity contribution in [2.45, 2.75) is 18.6 Å². The van der Waals surface area contributed by atoms with Crippen LogP contribution in [0.25, 0.3) is 5.65 Å². The van der Waals surface area contributed by atoms with E-state index in [1.807, 2.05) is 0 Å². The summed E-state index contributed by atoms with van der Waals surface area (Å²) >= 11 is 0. The molecule has 24 heavy (non-hydrogen) atoms. The van der Waals surface area contributed by atoms with Crippen molar-refractivity contribution in [1.29, 1.82) is 0 Å². The van der Waals surface area contributed by atoms with Crippen LogP contribution in [0.1, 0.15) is 16.9 Å². The van der Waals surface area contributed by atoms with Gasteiger partial charge in [-0.15, -0.1) is 0 Å². The van der Waals surface area contributed by atoms with E-state index in [0.717, 1.165) is 7.11 Å². The molecule has 0 saturated heterocycles.